The van der Waals surface area contributed by atoms with Crippen LogP contribution in [-0.4, -0.2) is 33.9 Å². The zero-order valence-electron chi connectivity index (χ0n) is 19.7. The number of aromatic nitrogens is 2. The Morgan fingerprint density at radius 2 is 1.71 bits per heavy atom. The summed E-state index contributed by atoms with van der Waals surface area (Å²) in [5.41, 5.74) is 0.792. The van der Waals surface area contributed by atoms with Gasteiger partial charge in [0.25, 0.3) is 0 Å². The van der Waals surface area contributed by atoms with Crippen LogP contribution in [0, 0.1) is 0 Å². The number of nitrogens with one attached hydrogen (secondary N) is 3. The molecule has 0 aliphatic rings. The smallest absolute Gasteiger partial charge is 0.248 e. The van der Waals surface area contributed by atoms with Crippen molar-refractivity contribution >= 4 is 23.5 Å². The monoisotopic (exact) mass is 461 g/mol. The molecule has 0 saturated heterocycles. The van der Waals surface area contributed by atoms with Crippen LogP contribution in [0.3, 0.4) is 0 Å². The summed E-state index contributed by atoms with van der Waals surface area (Å²) in [6.45, 7) is 5.94. The highest BCUT2D eigenvalue weighted by atomic mass is 16.5. The average Bonchev–Trinajstić information content (AvgIpc) is 2.79. The number of amides is 2. The van der Waals surface area contributed by atoms with E-state index >= 15 is 0 Å². The Kier molecular flexibility index (Phi) is 8.96. The number of anilines is 2. The number of rotatable bonds is 11. The predicted octanol–water partition coefficient (Wildman–Crippen LogP) is 4.56. The largest absolute Gasteiger partial charge is 0.457 e. The molecular formula is C26H31N5O3. The zero-order valence-corrected chi connectivity index (χ0v) is 19.7. The molecule has 1 aromatic heterocycles. The first kappa shape index (κ1) is 24.7. The zero-order chi connectivity index (χ0) is 24.3. The fourth-order valence-electron chi connectivity index (χ4n) is 3.34. The molecule has 178 valence electrons. The first-order chi connectivity index (χ1) is 16.4. The van der Waals surface area contributed by atoms with E-state index in [0.717, 1.165) is 17.7 Å². The van der Waals surface area contributed by atoms with E-state index in [0.29, 0.717) is 23.8 Å². The van der Waals surface area contributed by atoms with Crippen molar-refractivity contribution in [3.8, 4) is 11.5 Å². The molecule has 2 amide bonds. The molecule has 1 heterocycles. The van der Waals surface area contributed by atoms with Crippen LogP contribution in [0.4, 0.5) is 11.6 Å². The molecule has 3 aromatic rings. The Labute approximate surface area is 200 Å². The Morgan fingerprint density at radius 3 is 2.44 bits per heavy atom. The summed E-state index contributed by atoms with van der Waals surface area (Å²) in [6, 6.07) is 16.3. The lowest BCUT2D eigenvalue weighted by atomic mass is 10.1. The van der Waals surface area contributed by atoms with Gasteiger partial charge in [-0.05, 0) is 50.1 Å². The van der Waals surface area contributed by atoms with Crippen molar-refractivity contribution in [2.75, 3.05) is 10.6 Å². The second-order valence-corrected chi connectivity index (χ2v) is 8.23. The van der Waals surface area contributed by atoms with E-state index in [1.165, 1.54) is 6.20 Å². The predicted molar refractivity (Wildman–Crippen MR) is 133 cm³/mol. The molecule has 8 heteroatoms. The minimum absolute atomic E-state index is 0.132. The van der Waals surface area contributed by atoms with Gasteiger partial charge in [0.15, 0.2) is 5.82 Å². The van der Waals surface area contributed by atoms with Crippen LogP contribution < -0.4 is 20.7 Å². The number of ether oxygens (including phenoxy) is 1. The maximum atomic E-state index is 12.8. The number of benzene rings is 2. The molecular weight excluding hydrogens is 430 g/mol. The highest BCUT2D eigenvalue weighted by Crippen LogP contribution is 2.22. The van der Waals surface area contributed by atoms with Gasteiger partial charge < -0.3 is 20.7 Å². The number of hydrogen-bond acceptors (Lipinski definition) is 6. The highest BCUT2D eigenvalue weighted by Gasteiger charge is 2.21. The van der Waals surface area contributed by atoms with Crippen LogP contribution >= 0.6 is 0 Å². The van der Waals surface area contributed by atoms with Gasteiger partial charge in [-0.1, -0.05) is 43.7 Å². The van der Waals surface area contributed by atoms with Gasteiger partial charge in [0.05, 0.1) is 18.8 Å². The van der Waals surface area contributed by atoms with E-state index in [-0.39, 0.29) is 24.3 Å². The van der Waals surface area contributed by atoms with Gasteiger partial charge in [-0.3, -0.25) is 14.6 Å². The van der Waals surface area contributed by atoms with Crippen LogP contribution in [0.15, 0.2) is 67.0 Å². The molecule has 0 saturated carbocycles. The van der Waals surface area contributed by atoms with Crippen LogP contribution in [-0.2, 0) is 16.0 Å². The van der Waals surface area contributed by atoms with Gasteiger partial charge in [-0.2, -0.15) is 0 Å². The van der Waals surface area contributed by atoms with Crippen molar-refractivity contribution < 1.29 is 14.3 Å². The Balaban J connectivity index is 1.60. The third-order valence-electron chi connectivity index (χ3n) is 4.79. The molecule has 0 bridgehead atoms. The lowest BCUT2D eigenvalue weighted by Crippen LogP contribution is -2.44. The maximum Gasteiger partial charge on any atom is 0.248 e. The van der Waals surface area contributed by atoms with E-state index in [1.807, 2.05) is 75.4 Å². The van der Waals surface area contributed by atoms with Crippen molar-refractivity contribution in [1.29, 1.82) is 0 Å². The molecule has 1 atom stereocenters. The molecule has 2 aromatic carbocycles. The van der Waals surface area contributed by atoms with Crippen molar-refractivity contribution in [2.45, 2.75) is 52.1 Å². The summed E-state index contributed by atoms with van der Waals surface area (Å²) in [4.78, 5) is 34.0. The van der Waals surface area contributed by atoms with Crippen molar-refractivity contribution in [2.24, 2.45) is 0 Å². The number of para-hydroxylation sites is 1. The lowest BCUT2D eigenvalue weighted by Gasteiger charge is -2.18. The fourth-order valence-corrected chi connectivity index (χ4v) is 3.34. The van der Waals surface area contributed by atoms with Crippen molar-refractivity contribution in [3.63, 3.8) is 0 Å². The van der Waals surface area contributed by atoms with Gasteiger partial charge in [0, 0.05) is 6.04 Å². The SMILES string of the molecule is CCCC(NC(=O)Cc1cccc(Oc2ccccc2)c1)C(=O)Nc1cncc(NC(C)C)n1. The minimum atomic E-state index is -0.676. The number of carbonyl (C=O) groups is 2. The van der Waals surface area contributed by atoms with Gasteiger partial charge in [-0.15, -0.1) is 0 Å². The summed E-state index contributed by atoms with van der Waals surface area (Å²) in [5, 5.41) is 8.75. The van der Waals surface area contributed by atoms with Crippen molar-refractivity contribution in [3.05, 3.63) is 72.6 Å². The molecule has 8 nitrogen and oxygen atoms in total. The summed E-state index contributed by atoms with van der Waals surface area (Å²) >= 11 is 0. The van der Waals surface area contributed by atoms with Gasteiger partial charge in [0.1, 0.15) is 23.4 Å². The van der Waals surface area contributed by atoms with E-state index in [1.54, 1.807) is 6.20 Å². The molecule has 0 aliphatic heterocycles. The fraction of sp³-hybridized carbons (Fsp3) is 0.308. The molecule has 0 spiro atoms. The number of hydrogen-bond donors (Lipinski definition) is 3. The summed E-state index contributed by atoms with van der Waals surface area (Å²) < 4.78 is 5.84. The van der Waals surface area contributed by atoms with Gasteiger partial charge in [0.2, 0.25) is 11.8 Å². The summed E-state index contributed by atoms with van der Waals surface area (Å²) in [6.07, 6.45) is 4.45. The van der Waals surface area contributed by atoms with Crippen LogP contribution in [0.2, 0.25) is 0 Å². The minimum Gasteiger partial charge on any atom is -0.457 e. The normalized spacial score (nSPS) is 11.5. The van der Waals surface area contributed by atoms with Gasteiger partial charge >= 0.3 is 0 Å². The maximum absolute atomic E-state index is 12.8. The average molecular weight is 462 g/mol. The van der Waals surface area contributed by atoms with E-state index in [9.17, 15) is 9.59 Å². The Hall–Kier alpha value is -3.94. The number of carbonyl (C=O) groups excluding carboxylic acids is 2. The summed E-state index contributed by atoms with van der Waals surface area (Å²) in [5.74, 6) is 1.70. The van der Waals surface area contributed by atoms with E-state index < -0.39 is 6.04 Å². The summed E-state index contributed by atoms with van der Waals surface area (Å²) in [7, 11) is 0. The molecule has 0 radical (unpaired) electrons. The van der Waals surface area contributed by atoms with E-state index in [4.69, 9.17) is 4.74 Å². The van der Waals surface area contributed by atoms with Crippen LogP contribution in [0.1, 0.15) is 39.2 Å². The first-order valence-electron chi connectivity index (χ1n) is 11.4. The topological polar surface area (TPSA) is 105 Å². The first-order valence-corrected chi connectivity index (χ1v) is 11.4. The third kappa shape index (κ3) is 7.88. The third-order valence-corrected chi connectivity index (χ3v) is 4.79. The second-order valence-electron chi connectivity index (χ2n) is 8.23. The molecule has 1 unspecified atom stereocenters. The van der Waals surface area contributed by atoms with Crippen LogP contribution in [0.5, 0.6) is 11.5 Å². The molecule has 0 fully saturated rings. The highest BCUT2D eigenvalue weighted by molar-refractivity contribution is 5.96. The van der Waals surface area contributed by atoms with Crippen molar-refractivity contribution in [1.82, 2.24) is 15.3 Å². The molecule has 3 rings (SSSR count). The second kappa shape index (κ2) is 12.3. The number of nitrogens with zero attached hydrogens (tertiary/aromatic N) is 2. The quantitative estimate of drug-likeness (QED) is 0.387. The lowest BCUT2D eigenvalue weighted by molar-refractivity contribution is -0.126. The molecule has 0 aliphatic carbocycles. The van der Waals surface area contributed by atoms with E-state index in [2.05, 4.69) is 25.9 Å². The van der Waals surface area contributed by atoms with Gasteiger partial charge in [-0.25, -0.2) is 4.98 Å². The molecule has 34 heavy (non-hydrogen) atoms. The standard InChI is InChI=1S/C26H31N5O3/c1-4-9-22(26(33)31-24-17-27-16-23(30-24)28-18(2)3)29-25(32)15-19-10-8-13-21(14-19)34-20-11-6-5-7-12-20/h5-8,10-14,16-18,22H,4,9,15H2,1-3H3,(H,29,32)(H2,28,30,31,33). The Bertz CT molecular complexity index is 1090. The van der Waals surface area contributed by atoms with Crippen LogP contribution in [0.25, 0.3) is 0 Å². The Morgan fingerprint density at radius 1 is 0.971 bits per heavy atom. The molecule has 3 N–H and O–H groups in total.